The number of hydrogen-bond donors (Lipinski definition) is 1. The van der Waals surface area contributed by atoms with Crippen molar-refractivity contribution in [3.8, 4) is 0 Å². The van der Waals surface area contributed by atoms with Crippen molar-refractivity contribution < 1.29 is 14.8 Å². The lowest BCUT2D eigenvalue weighted by molar-refractivity contribution is -0.386. The van der Waals surface area contributed by atoms with Crippen molar-refractivity contribution in [2.24, 2.45) is 0 Å². The molecule has 0 saturated heterocycles. The largest absolute Gasteiger partial charge is 0.393 e. The van der Waals surface area contributed by atoms with Crippen LogP contribution in [0.1, 0.15) is 50.0 Å². The number of hydrogen-bond acceptors (Lipinski definition) is 4. The average molecular weight is 308 g/mol. The smallest absolute Gasteiger partial charge is 0.273 e. The number of nitro groups is 1. The average Bonchev–Trinajstić information content (AvgIpc) is 2.42. The van der Waals surface area contributed by atoms with Gasteiger partial charge in [0.15, 0.2) is 0 Å². The van der Waals surface area contributed by atoms with E-state index in [-0.39, 0.29) is 22.6 Å². The molecule has 22 heavy (non-hydrogen) atoms. The van der Waals surface area contributed by atoms with E-state index in [1.165, 1.54) is 11.0 Å². The topological polar surface area (TPSA) is 83.7 Å². The Morgan fingerprint density at radius 1 is 1.41 bits per heavy atom. The first-order valence-corrected chi connectivity index (χ1v) is 7.26. The molecule has 0 fully saturated rings. The van der Waals surface area contributed by atoms with E-state index in [9.17, 15) is 20.0 Å². The molecular formula is C16H24N2O4. The van der Waals surface area contributed by atoms with Gasteiger partial charge in [0.05, 0.1) is 11.0 Å². The van der Waals surface area contributed by atoms with Gasteiger partial charge in [-0.1, -0.05) is 26.8 Å². The summed E-state index contributed by atoms with van der Waals surface area (Å²) in [6, 6.07) is 4.60. The normalized spacial score (nSPS) is 12.8. The number of aliphatic hydroxyl groups is 1. The zero-order valence-corrected chi connectivity index (χ0v) is 13.8. The Morgan fingerprint density at radius 3 is 2.45 bits per heavy atom. The van der Waals surface area contributed by atoms with Crippen LogP contribution < -0.4 is 0 Å². The second-order valence-electron chi connectivity index (χ2n) is 6.60. The summed E-state index contributed by atoms with van der Waals surface area (Å²) < 4.78 is 0. The number of rotatable bonds is 5. The van der Waals surface area contributed by atoms with Crippen LogP contribution in [0.2, 0.25) is 0 Å². The number of carbonyl (C=O) groups is 1. The summed E-state index contributed by atoms with van der Waals surface area (Å²) >= 11 is 0. The molecule has 1 atom stereocenters. The third-order valence-corrected chi connectivity index (χ3v) is 3.48. The molecule has 1 aromatic rings. The number of benzene rings is 1. The Morgan fingerprint density at radius 2 is 2.00 bits per heavy atom. The molecule has 6 heteroatoms. The lowest BCUT2D eigenvalue weighted by atomic mass is 9.85. The number of carbonyl (C=O) groups excluding carboxylic acids is 1. The van der Waals surface area contributed by atoms with Gasteiger partial charge in [0.25, 0.3) is 11.6 Å². The Labute approximate surface area is 130 Å². The number of nitro benzene ring substituents is 1. The van der Waals surface area contributed by atoms with Crippen LogP contribution in [-0.2, 0) is 5.41 Å². The van der Waals surface area contributed by atoms with E-state index < -0.39 is 11.0 Å². The first-order chi connectivity index (χ1) is 10.0. The van der Waals surface area contributed by atoms with E-state index in [4.69, 9.17) is 0 Å². The predicted octanol–water partition coefficient (Wildman–Crippen LogP) is 2.74. The maximum atomic E-state index is 12.3. The van der Waals surface area contributed by atoms with Crippen molar-refractivity contribution in [1.29, 1.82) is 0 Å². The van der Waals surface area contributed by atoms with Gasteiger partial charge in [0, 0.05) is 30.8 Å². The summed E-state index contributed by atoms with van der Waals surface area (Å²) in [7, 11) is 1.62. The van der Waals surface area contributed by atoms with Crippen LogP contribution in [0.4, 0.5) is 5.69 Å². The van der Waals surface area contributed by atoms with Gasteiger partial charge < -0.3 is 10.0 Å². The number of aliphatic hydroxyl groups excluding tert-OH is 1. The minimum Gasteiger partial charge on any atom is -0.393 e. The standard InChI is InChI=1S/C16H24N2O4/c1-11(19)8-9-17(5)15(20)12-6-7-13(16(2,3)4)14(10-12)18(21)22/h6-7,10-11,19H,8-9H2,1-5H3. The van der Waals surface area contributed by atoms with Gasteiger partial charge in [-0.2, -0.15) is 0 Å². The first-order valence-electron chi connectivity index (χ1n) is 7.26. The van der Waals surface area contributed by atoms with Crippen LogP contribution in [0.3, 0.4) is 0 Å². The van der Waals surface area contributed by atoms with E-state index in [1.807, 2.05) is 20.8 Å². The van der Waals surface area contributed by atoms with Crippen LogP contribution in [0, 0.1) is 10.1 Å². The SMILES string of the molecule is CC(O)CCN(C)C(=O)c1ccc(C(C)(C)C)c([N+](=O)[O-])c1. The fourth-order valence-electron chi connectivity index (χ4n) is 2.15. The molecule has 1 unspecified atom stereocenters. The lowest BCUT2D eigenvalue weighted by Gasteiger charge is -2.21. The third-order valence-electron chi connectivity index (χ3n) is 3.48. The quantitative estimate of drug-likeness (QED) is 0.669. The maximum absolute atomic E-state index is 12.3. The maximum Gasteiger partial charge on any atom is 0.273 e. The molecule has 1 N–H and O–H groups in total. The molecule has 0 radical (unpaired) electrons. The van der Waals surface area contributed by atoms with Crippen molar-refractivity contribution >= 4 is 11.6 Å². The van der Waals surface area contributed by atoms with Gasteiger partial charge in [0.1, 0.15) is 0 Å². The third kappa shape index (κ3) is 4.53. The second-order valence-corrected chi connectivity index (χ2v) is 6.60. The predicted molar refractivity (Wildman–Crippen MR) is 85.1 cm³/mol. The molecule has 0 aliphatic heterocycles. The van der Waals surface area contributed by atoms with E-state index in [0.29, 0.717) is 18.5 Å². The highest BCUT2D eigenvalue weighted by molar-refractivity contribution is 5.94. The van der Waals surface area contributed by atoms with Gasteiger partial charge in [-0.05, 0) is 24.8 Å². The molecule has 0 aliphatic carbocycles. The molecular weight excluding hydrogens is 284 g/mol. The van der Waals surface area contributed by atoms with Crippen LogP contribution in [-0.4, -0.2) is 40.5 Å². The molecule has 0 heterocycles. The monoisotopic (exact) mass is 308 g/mol. The fourth-order valence-corrected chi connectivity index (χ4v) is 2.15. The molecule has 0 bridgehead atoms. The molecule has 0 aliphatic rings. The summed E-state index contributed by atoms with van der Waals surface area (Å²) in [5.74, 6) is -0.288. The Bertz CT molecular complexity index is 562. The molecule has 6 nitrogen and oxygen atoms in total. The second kappa shape index (κ2) is 6.87. The van der Waals surface area contributed by atoms with E-state index in [2.05, 4.69) is 0 Å². The summed E-state index contributed by atoms with van der Waals surface area (Å²) in [6.45, 7) is 7.73. The molecule has 0 spiro atoms. The van der Waals surface area contributed by atoms with Crippen LogP contribution in [0.25, 0.3) is 0 Å². The summed E-state index contributed by atoms with van der Waals surface area (Å²) in [5.41, 5.74) is 0.470. The van der Waals surface area contributed by atoms with Gasteiger partial charge >= 0.3 is 0 Å². The van der Waals surface area contributed by atoms with Crippen molar-refractivity contribution in [3.63, 3.8) is 0 Å². The van der Waals surface area contributed by atoms with Crippen molar-refractivity contribution in [1.82, 2.24) is 4.90 Å². The van der Waals surface area contributed by atoms with E-state index in [1.54, 1.807) is 26.1 Å². The highest BCUT2D eigenvalue weighted by Gasteiger charge is 2.26. The molecule has 1 amide bonds. The lowest BCUT2D eigenvalue weighted by Crippen LogP contribution is -2.29. The van der Waals surface area contributed by atoms with Crippen LogP contribution >= 0.6 is 0 Å². The zero-order valence-electron chi connectivity index (χ0n) is 13.8. The Kier molecular flexibility index (Phi) is 5.65. The highest BCUT2D eigenvalue weighted by Crippen LogP contribution is 2.32. The minimum absolute atomic E-state index is 0.0396. The van der Waals surface area contributed by atoms with Crippen molar-refractivity contribution in [3.05, 3.63) is 39.4 Å². The Hall–Kier alpha value is -1.95. The van der Waals surface area contributed by atoms with Crippen LogP contribution in [0.15, 0.2) is 18.2 Å². The molecule has 0 aromatic heterocycles. The number of nitrogens with zero attached hydrogens (tertiary/aromatic N) is 2. The fraction of sp³-hybridized carbons (Fsp3) is 0.562. The summed E-state index contributed by atoms with van der Waals surface area (Å²) in [5, 5.41) is 20.5. The van der Waals surface area contributed by atoms with Crippen molar-refractivity contribution in [2.75, 3.05) is 13.6 Å². The van der Waals surface area contributed by atoms with E-state index in [0.717, 1.165) is 0 Å². The summed E-state index contributed by atoms with van der Waals surface area (Å²) in [4.78, 5) is 24.6. The highest BCUT2D eigenvalue weighted by atomic mass is 16.6. The summed E-state index contributed by atoms with van der Waals surface area (Å²) in [6.07, 6.45) is -0.0300. The van der Waals surface area contributed by atoms with Gasteiger partial charge in [-0.25, -0.2) is 0 Å². The van der Waals surface area contributed by atoms with Gasteiger partial charge in [-0.15, -0.1) is 0 Å². The van der Waals surface area contributed by atoms with E-state index >= 15 is 0 Å². The molecule has 0 saturated carbocycles. The van der Waals surface area contributed by atoms with Gasteiger partial charge in [0.2, 0.25) is 0 Å². The first kappa shape index (κ1) is 18.1. The van der Waals surface area contributed by atoms with Crippen molar-refractivity contribution in [2.45, 2.75) is 45.6 Å². The Balaban J connectivity index is 3.09. The zero-order chi connectivity index (χ0) is 17.1. The minimum atomic E-state index is -0.493. The number of amides is 1. The molecule has 1 aromatic carbocycles. The van der Waals surface area contributed by atoms with Crippen LogP contribution in [0.5, 0.6) is 0 Å². The van der Waals surface area contributed by atoms with Gasteiger partial charge in [-0.3, -0.25) is 14.9 Å². The molecule has 1 rings (SSSR count). The molecule has 122 valence electrons.